The number of amides is 2. The highest BCUT2D eigenvalue weighted by atomic mass is 32.2. The third-order valence-electron chi connectivity index (χ3n) is 9.38. The number of para-hydroxylation sites is 2. The van der Waals surface area contributed by atoms with Gasteiger partial charge in [-0.2, -0.15) is 0 Å². The molecule has 12 heteroatoms. The fraction of sp³-hybridized carbons (Fsp3) is 0.333. The predicted molar refractivity (Wildman–Crippen MR) is 211 cm³/mol. The number of ether oxygens (including phenoxy) is 2. The number of hydrogen-bond donors (Lipinski definition) is 4. The molecule has 1 saturated heterocycles. The maximum absolute atomic E-state index is 12.6. The lowest BCUT2D eigenvalue weighted by atomic mass is 9.99. The molecule has 54 heavy (non-hydrogen) atoms. The third-order valence-corrected chi connectivity index (χ3v) is 10.6. The molecule has 6 rings (SSSR count). The lowest BCUT2D eigenvalue weighted by Crippen LogP contribution is -2.31. The number of aromatic nitrogens is 3. The number of rotatable bonds is 17. The second-order valence-corrected chi connectivity index (χ2v) is 14.5. The standard InChI is InChI=1S/C42H48N6O5S/c1-48-28-45-47-42(48)54-27-35-24-38(31-20-18-29(26-49)19-21-31)53-41(52-35)34-13-9-12-33(23-34)32-11-8-10-30(22-32)25-44-39(50)16-4-2-3-5-17-40(51)46-37-15-7-6-14-36(37)43/h6-15,18-23,28,35,38,41,49H,2-5,16-17,24-27,43H2,1H3,(H,44,50)(H,46,51)/t35-,38+,41+/m0/s1. The summed E-state index contributed by atoms with van der Waals surface area (Å²) in [5, 5.41) is 24.5. The molecule has 1 aliphatic rings. The summed E-state index contributed by atoms with van der Waals surface area (Å²) in [6, 6.07) is 31.5. The quantitative estimate of drug-likeness (QED) is 0.0430. The zero-order chi connectivity index (χ0) is 37.7. The van der Waals surface area contributed by atoms with Crippen LogP contribution >= 0.6 is 11.8 Å². The Hall–Kier alpha value is -5.01. The number of carbonyl (C=O) groups excluding carboxylic acids is 2. The lowest BCUT2D eigenvalue weighted by Gasteiger charge is -2.36. The number of aryl methyl sites for hydroxylation is 1. The van der Waals surface area contributed by atoms with Crippen LogP contribution in [0.4, 0.5) is 11.4 Å². The summed E-state index contributed by atoms with van der Waals surface area (Å²) in [5.74, 6) is 0.650. The Morgan fingerprint density at radius 3 is 2.33 bits per heavy atom. The molecule has 2 heterocycles. The summed E-state index contributed by atoms with van der Waals surface area (Å²) in [6.07, 6.45) is 5.65. The van der Waals surface area contributed by atoms with Crippen LogP contribution < -0.4 is 16.4 Å². The van der Waals surface area contributed by atoms with E-state index in [0.29, 0.717) is 42.9 Å². The van der Waals surface area contributed by atoms with Crippen LogP contribution in [0.2, 0.25) is 0 Å². The maximum atomic E-state index is 12.6. The highest BCUT2D eigenvalue weighted by Gasteiger charge is 2.32. The lowest BCUT2D eigenvalue weighted by molar-refractivity contribution is -0.245. The number of aliphatic hydroxyl groups is 1. The van der Waals surface area contributed by atoms with E-state index in [9.17, 15) is 14.7 Å². The Bertz CT molecular complexity index is 1990. The molecule has 0 spiro atoms. The van der Waals surface area contributed by atoms with E-state index in [2.05, 4.69) is 45.1 Å². The zero-order valence-corrected chi connectivity index (χ0v) is 31.3. The highest BCUT2D eigenvalue weighted by Crippen LogP contribution is 2.40. The van der Waals surface area contributed by atoms with Crippen LogP contribution in [-0.4, -0.2) is 43.5 Å². The van der Waals surface area contributed by atoms with Gasteiger partial charge in [-0.3, -0.25) is 9.59 Å². The number of nitrogens with two attached hydrogens (primary N) is 1. The summed E-state index contributed by atoms with van der Waals surface area (Å²) in [7, 11) is 1.93. The van der Waals surface area contributed by atoms with Crippen molar-refractivity contribution in [2.75, 3.05) is 16.8 Å². The van der Waals surface area contributed by atoms with Crippen LogP contribution in [0.15, 0.2) is 109 Å². The fourth-order valence-electron chi connectivity index (χ4n) is 6.36. The van der Waals surface area contributed by atoms with Gasteiger partial charge in [0.1, 0.15) is 6.33 Å². The number of nitrogens with zero attached hydrogens (tertiary/aromatic N) is 3. The molecule has 0 aliphatic carbocycles. The molecule has 1 aliphatic heterocycles. The molecule has 3 atom stereocenters. The molecule has 5 aromatic rings. The molecule has 0 unspecified atom stereocenters. The monoisotopic (exact) mass is 748 g/mol. The summed E-state index contributed by atoms with van der Waals surface area (Å²) in [4.78, 5) is 24.9. The molecule has 4 aromatic carbocycles. The normalized spacial score (nSPS) is 16.9. The van der Waals surface area contributed by atoms with Crippen LogP contribution in [0.3, 0.4) is 0 Å². The van der Waals surface area contributed by atoms with Crippen molar-refractivity contribution in [3.05, 3.63) is 126 Å². The number of benzene rings is 4. The smallest absolute Gasteiger partial charge is 0.224 e. The van der Waals surface area contributed by atoms with Crippen LogP contribution in [-0.2, 0) is 39.3 Å². The summed E-state index contributed by atoms with van der Waals surface area (Å²) >= 11 is 1.61. The van der Waals surface area contributed by atoms with Gasteiger partial charge in [-0.15, -0.1) is 10.2 Å². The van der Waals surface area contributed by atoms with Gasteiger partial charge < -0.3 is 35.5 Å². The Labute approximate surface area is 320 Å². The first-order chi connectivity index (χ1) is 26.3. The van der Waals surface area contributed by atoms with Crippen molar-refractivity contribution in [1.29, 1.82) is 0 Å². The molecule has 0 radical (unpaired) electrons. The highest BCUT2D eigenvalue weighted by molar-refractivity contribution is 7.99. The van der Waals surface area contributed by atoms with E-state index in [1.54, 1.807) is 30.2 Å². The van der Waals surface area contributed by atoms with E-state index in [1.807, 2.05) is 72.3 Å². The minimum Gasteiger partial charge on any atom is -0.397 e. The largest absolute Gasteiger partial charge is 0.397 e. The van der Waals surface area contributed by atoms with Crippen molar-refractivity contribution >= 4 is 35.0 Å². The zero-order valence-electron chi connectivity index (χ0n) is 30.5. The average Bonchev–Trinajstić information content (AvgIpc) is 3.62. The number of nitrogens with one attached hydrogen (secondary N) is 2. The van der Waals surface area contributed by atoms with Crippen molar-refractivity contribution in [1.82, 2.24) is 20.1 Å². The molecule has 0 bridgehead atoms. The van der Waals surface area contributed by atoms with Crippen LogP contribution in [0.5, 0.6) is 0 Å². The maximum Gasteiger partial charge on any atom is 0.224 e. The number of unbranched alkanes of at least 4 members (excludes halogenated alkanes) is 3. The SMILES string of the molecule is Cn1cnnc1SC[C@@H]1C[C@H](c2ccc(CO)cc2)O[C@H](c2cccc(-c3cccc(CNC(=O)CCCCCCC(=O)Nc4ccccc4N)c3)c2)O1. The summed E-state index contributed by atoms with van der Waals surface area (Å²) in [6.45, 7) is 0.428. The molecule has 282 valence electrons. The molecule has 1 fully saturated rings. The minimum absolute atomic E-state index is 0.00811. The van der Waals surface area contributed by atoms with E-state index >= 15 is 0 Å². The Morgan fingerprint density at radius 1 is 0.852 bits per heavy atom. The van der Waals surface area contributed by atoms with Gasteiger partial charge in [0.05, 0.1) is 30.2 Å². The number of hydrogen-bond acceptors (Lipinski definition) is 9. The molecular weight excluding hydrogens is 701 g/mol. The van der Waals surface area contributed by atoms with Crippen LogP contribution in [0.25, 0.3) is 11.1 Å². The van der Waals surface area contributed by atoms with Gasteiger partial charge in [-0.1, -0.05) is 97.4 Å². The van der Waals surface area contributed by atoms with Crippen molar-refractivity contribution in [2.45, 2.75) is 81.8 Å². The first-order valence-corrected chi connectivity index (χ1v) is 19.4. The number of anilines is 2. The molecule has 5 N–H and O–H groups in total. The van der Waals surface area contributed by atoms with E-state index < -0.39 is 6.29 Å². The molecule has 11 nitrogen and oxygen atoms in total. The Balaban J connectivity index is 1.00. The second kappa shape index (κ2) is 19.4. The van der Waals surface area contributed by atoms with E-state index in [4.69, 9.17) is 15.2 Å². The Kier molecular flexibility index (Phi) is 13.9. The van der Waals surface area contributed by atoms with Gasteiger partial charge in [0, 0.05) is 44.2 Å². The van der Waals surface area contributed by atoms with Crippen molar-refractivity contribution in [2.24, 2.45) is 7.05 Å². The van der Waals surface area contributed by atoms with Gasteiger partial charge in [0.25, 0.3) is 0 Å². The van der Waals surface area contributed by atoms with Gasteiger partial charge in [0.15, 0.2) is 11.4 Å². The summed E-state index contributed by atoms with van der Waals surface area (Å²) in [5.41, 5.74) is 13.0. The minimum atomic E-state index is -0.584. The Morgan fingerprint density at radius 2 is 1.59 bits per heavy atom. The number of thioether (sulfide) groups is 1. The van der Waals surface area contributed by atoms with Gasteiger partial charge in [-0.05, 0) is 64.9 Å². The molecule has 1 aromatic heterocycles. The topological polar surface area (TPSA) is 154 Å². The number of carbonyl (C=O) groups is 2. The van der Waals surface area contributed by atoms with Crippen molar-refractivity contribution in [3.63, 3.8) is 0 Å². The molecule has 0 saturated carbocycles. The average molecular weight is 749 g/mol. The van der Waals surface area contributed by atoms with Crippen molar-refractivity contribution in [3.8, 4) is 11.1 Å². The molecular formula is C42H48N6O5S. The van der Waals surface area contributed by atoms with Crippen LogP contribution in [0.1, 0.15) is 79.6 Å². The van der Waals surface area contributed by atoms with Crippen molar-refractivity contribution < 1.29 is 24.2 Å². The number of nitrogen functional groups attached to an aromatic ring is 1. The first-order valence-electron chi connectivity index (χ1n) is 18.4. The first kappa shape index (κ1) is 38.7. The fourth-order valence-corrected chi connectivity index (χ4v) is 7.26. The predicted octanol–water partition coefficient (Wildman–Crippen LogP) is 7.49. The van der Waals surface area contributed by atoms with E-state index in [1.165, 1.54) is 0 Å². The van der Waals surface area contributed by atoms with Gasteiger partial charge >= 0.3 is 0 Å². The number of aliphatic hydroxyl groups excluding tert-OH is 1. The third kappa shape index (κ3) is 11.0. The van der Waals surface area contributed by atoms with Crippen LogP contribution in [0, 0.1) is 0 Å². The van der Waals surface area contributed by atoms with E-state index in [0.717, 1.165) is 64.2 Å². The van der Waals surface area contributed by atoms with Gasteiger partial charge in [-0.25, -0.2) is 0 Å². The van der Waals surface area contributed by atoms with Gasteiger partial charge in [0.2, 0.25) is 11.8 Å². The second-order valence-electron chi connectivity index (χ2n) is 13.5. The summed E-state index contributed by atoms with van der Waals surface area (Å²) < 4.78 is 15.1. The van der Waals surface area contributed by atoms with E-state index in [-0.39, 0.29) is 30.6 Å². The molecule has 2 amide bonds.